The van der Waals surface area contributed by atoms with E-state index in [0.29, 0.717) is 23.8 Å². The van der Waals surface area contributed by atoms with Crippen LogP contribution in [0.4, 0.5) is 0 Å². The third kappa shape index (κ3) is 5.36. The first-order valence-corrected chi connectivity index (χ1v) is 13.9. The number of H-pyrrole nitrogens is 1. The lowest BCUT2D eigenvalue weighted by Crippen LogP contribution is -2.66. The normalized spacial score (nSPS) is 25.5. The van der Waals surface area contributed by atoms with Gasteiger partial charge < -0.3 is 40.4 Å². The van der Waals surface area contributed by atoms with Crippen molar-refractivity contribution in [1.29, 1.82) is 0 Å². The van der Waals surface area contributed by atoms with Gasteiger partial charge >= 0.3 is 5.97 Å². The van der Waals surface area contributed by atoms with Crippen LogP contribution < -0.4 is 5.56 Å². The minimum Gasteiger partial charge on any atom is -0.506 e. The largest absolute Gasteiger partial charge is 0.506 e. The predicted octanol–water partition coefficient (Wildman–Crippen LogP) is 0.753. The van der Waals surface area contributed by atoms with Gasteiger partial charge in [-0.15, -0.1) is 0 Å². The van der Waals surface area contributed by atoms with Crippen molar-refractivity contribution >= 4 is 16.9 Å². The van der Waals surface area contributed by atoms with Gasteiger partial charge in [-0.1, -0.05) is 32.0 Å². The van der Waals surface area contributed by atoms with Crippen molar-refractivity contribution in [3.63, 3.8) is 0 Å². The van der Waals surface area contributed by atoms with E-state index in [4.69, 9.17) is 4.74 Å². The minimum absolute atomic E-state index is 0.143. The number of carboxylic acid groups (broad SMARTS) is 1. The number of benzene rings is 2. The summed E-state index contributed by atoms with van der Waals surface area (Å²) >= 11 is 0. The molecule has 0 bridgehead atoms. The molecule has 2 aromatic carbocycles. The molecular weight excluding hydrogens is 532 g/mol. The van der Waals surface area contributed by atoms with E-state index >= 15 is 0 Å². The van der Waals surface area contributed by atoms with Crippen LogP contribution >= 0.6 is 0 Å². The third-order valence-corrected chi connectivity index (χ3v) is 8.47. The highest BCUT2D eigenvalue weighted by Gasteiger charge is 2.50. The summed E-state index contributed by atoms with van der Waals surface area (Å²) in [6, 6.07) is 9.66. The molecule has 11 heteroatoms. The number of phenolic OH excluding ortho intramolecular Hbond substituents is 1. The fourth-order valence-electron chi connectivity index (χ4n) is 6.29. The topological polar surface area (TPSA) is 184 Å². The van der Waals surface area contributed by atoms with Crippen LogP contribution in [-0.2, 0) is 35.2 Å². The number of carbonyl (C=O) groups is 1. The number of phenols is 1. The molecule has 0 amide bonds. The quantitative estimate of drug-likeness (QED) is 0.205. The number of nitrogens with zero attached hydrogens (tertiary/aromatic N) is 1. The number of aliphatic hydroxyl groups excluding tert-OH is 4. The molecule has 1 fully saturated rings. The number of ether oxygens (including phenoxy) is 1. The van der Waals surface area contributed by atoms with Gasteiger partial charge in [-0.2, -0.15) is 0 Å². The van der Waals surface area contributed by atoms with Crippen LogP contribution in [0.3, 0.4) is 0 Å². The molecule has 0 unspecified atom stereocenters. The molecule has 2 heterocycles. The summed E-state index contributed by atoms with van der Waals surface area (Å²) in [4.78, 5) is 28.0. The molecule has 0 saturated carbocycles. The fourth-order valence-corrected chi connectivity index (χ4v) is 6.29. The molecule has 2 aliphatic rings. The maximum Gasteiger partial charge on any atom is 0.335 e. The maximum atomic E-state index is 11.9. The first-order valence-electron chi connectivity index (χ1n) is 13.9. The van der Waals surface area contributed by atoms with Gasteiger partial charge in [0.25, 0.3) is 0 Å². The molecule has 11 nitrogen and oxygen atoms in total. The van der Waals surface area contributed by atoms with Crippen molar-refractivity contribution in [3.8, 4) is 5.75 Å². The second-order valence-electron chi connectivity index (χ2n) is 10.9. The smallest absolute Gasteiger partial charge is 0.335 e. The lowest BCUT2D eigenvalue weighted by atomic mass is 9.95. The van der Waals surface area contributed by atoms with Crippen LogP contribution in [0, 0.1) is 0 Å². The van der Waals surface area contributed by atoms with Crippen LogP contribution in [0.5, 0.6) is 5.75 Å². The molecule has 7 N–H and O–H groups in total. The number of nitrogens with one attached hydrogen (secondary N) is 1. The van der Waals surface area contributed by atoms with Crippen molar-refractivity contribution in [2.45, 2.75) is 82.3 Å². The molecule has 0 spiro atoms. The Labute approximate surface area is 236 Å². The highest BCUT2D eigenvalue weighted by Crippen LogP contribution is 2.36. The monoisotopic (exact) mass is 568 g/mol. The zero-order valence-electron chi connectivity index (χ0n) is 22.9. The summed E-state index contributed by atoms with van der Waals surface area (Å²) in [6.45, 7) is 4.04. The van der Waals surface area contributed by atoms with Gasteiger partial charge in [0.05, 0.1) is 11.6 Å². The molecule has 220 valence electrons. The van der Waals surface area contributed by atoms with Crippen molar-refractivity contribution in [2.75, 3.05) is 6.54 Å². The Kier molecular flexibility index (Phi) is 8.20. The number of carboxylic acids is 1. The Morgan fingerprint density at radius 2 is 1.63 bits per heavy atom. The molecule has 1 aromatic heterocycles. The van der Waals surface area contributed by atoms with E-state index in [2.05, 4.69) is 31.0 Å². The molecule has 6 atom stereocenters. The van der Waals surface area contributed by atoms with Crippen molar-refractivity contribution in [2.24, 2.45) is 0 Å². The average molecular weight is 569 g/mol. The van der Waals surface area contributed by atoms with Crippen LogP contribution in [0.25, 0.3) is 10.9 Å². The summed E-state index contributed by atoms with van der Waals surface area (Å²) < 4.78 is 5.73. The number of fused-ring (bicyclic) bond motifs is 2. The van der Waals surface area contributed by atoms with Crippen LogP contribution in [-0.4, -0.2) is 89.7 Å². The van der Waals surface area contributed by atoms with E-state index < -0.39 is 48.3 Å². The molecule has 5 rings (SSSR count). The second kappa shape index (κ2) is 11.5. The van der Waals surface area contributed by atoms with Gasteiger partial charge in [-0.3, -0.25) is 9.69 Å². The van der Waals surface area contributed by atoms with E-state index in [9.17, 15) is 40.2 Å². The number of aromatic nitrogens is 1. The van der Waals surface area contributed by atoms with Gasteiger partial charge in [-0.05, 0) is 65.6 Å². The standard InChI is InChI=1S/C30H36N2O9/c1-3-14-9-16-11-18(12-17(16)10-15(14)4-2)32(29-27(38)25(36)26(37)28(41-29)30(39)40)13-22(34)19-5-7-21(33)24-20(19)6-8-23(35)31-24/h5-10,18,22,25-29,33-34,36-38H,3-4,11-13H2,1-2H3,(H,31,35)(H,39,40)/t22-,25+,26+,27-,28+,29-/m0/s1. The molecule has 1 aliphatic heterocycles. The lowest BCUT2D eigenvalue weighted by Gasteiger charge is -2.46. The number of aromatic amines is 1. The third-order valence-electron chi connectivity index (χ3n) is 8.47. The highest BCUT2D eigenvalue weighted by molar-refractivity contribution is 5.87. The number of aryl methyl sites for hydroxylation is 2. The lowest BCUT2D eigenvalue weighted by molar-refractivity contribution is -0.266. The van der Waals surface area contributed by atoms with Gasteiger partial charge in [0.15, 0.2) is 6.10 Å². The number of hydrogen-bond acceptors (Lipinski definition) is 9. The molecular formula is C30H36N2O9. The number of aliphatic hydroxyl groups is 4. The van der Waals surface area contributed by atoms with Gasteiger partial charge in [0.1, 0.15) is 30.3 Å². The Bertz CT molecular complexity index is 1470. The van der Waals surface area contributed by atoms with Gasteiger partial charge in [0, 0.05) is 24.0 Å². The molecule has 1 aliphatic carbocycles. The Hall–Kier alpha value is -3.32. The summed E-state index contributed by atoms with van der Waals surface area (Å²) in [5, 5.41) is 63.8. The summed E-state index contributed by atoms with van der Waals surface area (Å²) in [5.74, 6) is -1.65. The van der Waals surface area contributed by atoms with Gasteiger partial charge in [-0.25, -0.2) is 4.79 Å². The van der Waals surface area contributed by atoms with E-state index in [0.717, 1.165) is 24.0 Å². The minimum atomic E-state index is -1.84. The van der Waals surface area contributed by atoms with E-state index in [1.54, 1.807) is 4.90 Å². The van der Waals surface area contributed by atoms with Crippen molar-refractivity contribution in [1.82, 2.24) is 9.88 Å². The Morgan fingerprint density at radius 1 is 1.00 bits per heavy atom. The molecule has 3 aromatic rings. The molecule has 1 saturated heterocycles. The van der Waals surface area contributed by atoms with E-state index in [1.807, 2.05) is 0 Å². The Balaban J connectivity index is 1.54. The number of aromatic hydroxyl groups is 1. The van der Waals surface area contributed by atoms with Gasteiger partial charge in [0.2, 0.25) is 5.56 Å². The zero-order chi connectivity index (χ0) is 29.6. The van der Waals surface area contributed by atoms with Crippen LogP contribution in [0.15, 0.2) is 41.2 Å². The Morgan fingerprint density at radius 3 is 2.22 bits per heavy atom. The molecule has 41 heavy (non-hydrogen) atoms. The van der Waals surface area contributed by atoms with E-state index in [-0.39, 0.29) is 23.9 Å². The van der Waals surface area contributed by atoms with Crippen molar-refractivity contribution in [3.05, 3.63) is 74.6 Å². The van der Waals surface area contributed by atoms with Crippen LogP contribution in [0.2, 0.25) is 0 Å². The number of hydrogen-bond donors (Lipinski definition) is 7. The number of aliphatic carboxylic acids is 1. The first kappa shape index (κ1) is 29.2. The first-order chi connectivity index (χ1) is 19.5. The number of rotatable bonds is 8. The zero-order valence-corrected chi connectivity index (χ0v) is 22.9. The number of pyridine rings is 1. The SMILES string of the molecule is CCc1cc2c(cc1CC)CC(N(C[C@H](O)c1ccc(O)c3[nH]c(=O)ccc13)[C@H]1O[C@@H](C(=O)O)[C@H](O)[C@@H](O)[C@@H]1O)C2. The predicted molar refractivity (Wildman–Crippen MR) is 149 cm³/mol. The van der Waals surface area contributed by atoms with E-state index in [1.165, 1.54) is 35.4 Å². The summed E-state index contributed by atoms with van der Waals surface area (Å²) in [6.07, 6.45) is -6.88. The molecule has 0 radical (unpaired) electrons. The highest BCUT2D eigenvalue weighted by atomic mass is 16.6. The second-order valence-corrected chi connectivity index (χ2v) is 10.9. The van der Waals surface area contributed by atoms with Crippen molar-refractivity contribution < 1.29 is 40.2 Å². The average Bonchev–Trinajstić information content (AvgIpc) is 3.37. The summed E-state index contributed by atoms with van der Waals surface area (Å²) in [7, 11) is 0. The fraction of sp³-hybridized carbons (Fsp3) is 0.467. The van der Waals surface area contributed by atoms with Crippen LogP contribution in [0.1, 0.15) is 47.8 Å². The maximum absolute atomic E-state index is 11.9. The summed E-state index contributed by atoms with van der Waals surface area (Å²) in [5.41, 5.74) is 4.81.